The predicted octanol–water partition coefficient (Wildman–Crippen LogP) is 4.84. The summed E-state index contributed by atoms with van der Waals surface area (Å²) in [5.74, 6) is -0.339. The number of benzene rings is 2. The number of fused-ring (bicyclic) bond motifs is 1. The Balaban J connectivity index is 1.58. The van der Waals surface area contributed by atoms with Crippen molar-refractivity contribution in [2.75, 3.05) is 6.61 Å². The van der Waals surface area contributed by atoms with Gasteiger partial charge >= 0.3 is 5.97 Å². The number of esters is 1. The van der Waals surface area contributed by atoms with Crippen LogP contribution in [0.4, 0.5) is 0 Å². The second-order valence-electron chi connectivity index (χ2n) is 7.22. The van der Waals surface area contributed by atoms with Gasteiger partial charge in [0.1, 0.15) is 5.76 Å². The number of ether oxygens (including phenoxy) is 1. The molecule has 0 fully saturated rings. The Morgan fingerprint density at radius 3 is 2.52 bits per heavy atom. The number of hydrogen-bond donors (Lipinski definition) is 1. The van der Waals surface area contributed by atoms with E-state index in [9.17, 15) is 9.59 Å². The molecule has 0 unspecified atom stereocenters. The minimum Gasteiger partial charge on any atom is -0.467 e. The SMILES string of the molecule is Cc1c(-c2ccccc2)nc2ccccc2c1C(=O)OCC(=O)N[C@@H](C)c1ccco1. The van der Waals surface area contributed by atoms with Crippen molar-refractivity contribution in [2.24, 2.45) is 0 Å². The molecule has 0 radical (unpaired) electrons. The van der Waals surface area contributed by atoms with Gasteiger partial charge in [-0.3, -0.25) is 4.79 Å². The average molecular weight is 414 g/mol. The van der Waals surface area contributed by atoms with Gasteiger partial charge in [0.15, 0.2) is 6.61 Å². The Morgan fingerprint density at radius 1 is 1.03 bits per heavy atom. The van der Waals surface area contributed by atoms with Gasteiger partial charge in [0.25, 0.3) is 5.91 Å². The summed E-state index contributed by atoms with van der Waals surface area (Å²) in [5.41, 5.74) is 3.43. The van der Waals surface area contributed by atoms with Crippen molar-refractivity contribution in [2.45, 2.75) is 19.9 Å². The normalized spacial score (nSPS) is 11.8. The highest BCUT2D eigenvalue weighted by molar-refractivity contribution is 6.06. The van der Waals surface area contributed by atoms with E-state index in [1.54, 1.807) is 25.3 Å². The first-order valence-corrected chi connectivity index (χ1v) is 9.99. The summed E-state index contributed by atoms with van der Waals surface area (Å²) >= 11 is 0. The number of aromatic nitrogens is 1. The molecule has 2 heterocycles. The van der Waals surface area contributed by atoms with Crippen molar-refractivity contribution >= 4 is 22.8 Å². The average Bonchev–Trinajstić information content (AvgIpc) is 3.33. The molecule has 2 aromatic heterocycles. The van der Waals surface area contributed by atoms with E-state index in [1.807, 2.05) is 61.5 Å². The smallest absolute Gasteiger partial charge is 0.339 e. The first-order valence-electron chi connectivity index (χ1n) is 9.99. The van der Waals surface area contributed by atoms with Crippen LogP contribution < -0.4 is 5.32 Å². The summed E-state index contributed by atoms with van der Waals surface area (Å²) < 4.78 is 10.7. The van der Waals surface area contributed by atoms with Gasteiger partial charge in [0.05, 0.1) is 29.1 Å². The molecule has 1 N–H and O–H groups in total. The molecule has 0 aliphatic carbocycles. The zero-order chi connectivity index (χ0) is 21.8. The fraction of sp³-hybridized carbons (Fsp3) is 0.160. The van der Waals surface area contributed by atoms with Gasteiger partial charge in [-0.1, -0.05) is 48.5 Å². The molecule has 6 heteroatoms. The highest BCUT2D eigenvalue weighted by Gasteiger charge is 2.21. The second kappa shape index (κ2) is 8.83. The summed E-state index contributed by atoms with van der Waals surface area (Å²) in [5, 5.41) is 3.44. The minimum atomic E-state index is -0.561. The van der Waals surface area contributed by atoms with Crippen molar-refractivity contribution in [1.29, 1.82) is 0 Å². The maximum atomic E-state index is 13.0. The molecule has 6 nitrogen and oxygen atoms in total. The summed E-state index contributed by atoms with van der Waals surface area (Å²) in [7, 11) is 0. The largest absolute Gasteiger partial charge is 0.467 e. The van der Waals surface area contributed by atoms with E-state index in [0.717, 1.165) is 5.56 Å². The lowest BCUT2D eigenvalue weighted by atomic mass is 9.98. The van der Waals surface area contributed by atoms with E-state index in [4.69, 9.17) is 14.1 Å². The summed E-state index contributed by atoms with van der Waals surface area (Å²) in [6.07, 6.45) is 1.54. The molecule has 156 valence electrons. The van der Waals surface area contributed by atoms with Crippen LogP contribution in [0.25, 0.3) is 22.2 Å². The molecule has 0 spiro atoms. The third-order valence-corrected chi connectivity index (χ3v) is 5.07. The van der Waals surface area contributed by atoms with Crippen LogP contribution in [0.3, 0.4) is 0 Å². The Bertz CT molecular complexity index is 1220. The number of furan rings is 1. The zero-order valence-corrected chi connectivity index (χ0v) is 17.3. The number of carbonyl (C=O) groups is 2. The van der Waals surface area contributed by atoms with Gasteiger partial charge in [-0.25, -0.2) is 9.78 Å². The van der Waals surface area contributed by atoms with Crippen LogP contribution in [0.1, 0.15) is 34.6 Å². The molecule has 4 rings (SSSR count). The van der Waals surface area contributed by atoms with Crippen molar-refractivity contribution < 1.29 is 18.7 Å². The Labute approximate surface area is 179 Å². The first kappa shape index (κ1) is 20.3. The summed E-state index contributed by atoms with van der Waals surface area (Å²) in [4.78, 5) is 30.1. The number of rotatable bonds is 6. The molecular formula is C25H22N2O4. The number of amides is 1. The summed E-state index contributed by atoms with van der Waals surface area (Å²) in [6, 6.07) is 20.3. The number of hydrogen-bond acceptors (Lipinski definition) is 5. The second-order valence-corrected chi connectivity index (χ2v) is 7.22. The summed E-state index contributed by atoms with van der Waals surface area (Å²) in [6.45, 7) is 3.25. The third-order valence-electron chi connectivity index (χ3n) is 5.07. The molecule has 0 saturated carbocycles. The first-order chi connectivity index (χ1) is 15.0. The van der Waals surface area contributed by atoms with Crippen molar-refractivity contribution in [3.05, 3.63) is 89.9 Å². The lowest BCUT2D eigenvalue weighted by Gasteiger charge is -2.15. The predicted molar refractivity (Wildman–Crippen MR) is 117 cm³/mol. The molecule has 0 aliphatic heterocycles. The topological polar surface area (TPSA) is 81.4 Å². The van der Waals surface area contributed by atoms with Crippen molar-refractivity contribution in [1.82, 2.24) is 10.3 Å². The third kappa shape index (κ3) is 4.33. The molecular weight excluding hydrogens is 392 g/mol. The number of pyridine rings is 1. The molecule has 1 atom stereocenters. The maximum Gasteiger partial charge on any atom is 0.339 e. The van der Waals surface area contributed by atoms with Crippen LogP contribution in [0.15, 0.2) is 77.4 Å². The Morgan fingerprint density at radius 2 is 1.77 bits per heavy atom. The quantitative estimate of drug-likeness (QED) is 0.457. The molecule has 0 aliphatic rings. The fourth-order valence-electron chi connectivity index (χ4n) is 3.54. The number of para-hydroxylation sites is 1. The molecule has 0 saturated heterocycles. The van der Waals surface area contributed by atoms with E-state index < -0.39 is 11.9 Å². The van der Waals surface area contributed by atoms with Crippen LogP contribution in [-0.2, 0) is 9.53 Å². The van der Waals surface area contributed by atoms with Crippen LogP contribution >= 0.6 is 0 Å². The van der Waals surface area contributed by atoms with E-state index in [0.29, 0.717) is 33.5 Å². The minimum absolute atomic E-state index is 0.325. The van der Waals surface area contributed by atoms with Gasteiger partial charge in [-0.2, -0.15) is 0 Å². The molecule has 1 amide bonds. The lowest BCUT2D eigenvalue weighted by Crippen LogP contribution is -2.31. The van der Waals surface area contributed by atoms with E-state index >= 15 is 0 Å². The van der Waals surface area contributed by atoms with Crippen LogP contribution in [0.2, 0.25) is 0 Å². The number of carbonyl (C=O) groups excluding carboxylic acids is 2. The number of nitrogens with one attached hydrogen (secondary N) is 1. The van der Waals surface area contributed by atoms with E-state index in [-0.39, 0.29) is 12.6 Å². The molecule has 31 heavy (non-hydrogen) atoms. The molecule has 2 aromatic carbocycles. The van der Waals surface area contributed by atoms with Crippen molar-refractivity contribution in [3.8, 4) is 11.3 Å². The van der Waals surface area contributed by atoms with Crippen LogP contribution in [-0.4, -0.2) is 23.5 Å². The Kier molecular flexibility index (Phi) is 5.80. The highest BCUT2D eigenvalue weighted by atomic mass is 16.5. The fourth-order valence-corrected chi connectivity index (χ4v) is 3.54. The van der Waals surface area contributed by atoms with Gasteiger partial charge in [-0.15, -0.1) is 0 Å². The van der Waals surface area contributed by atoms with Gasteiger partial charge in [0, 0.05) is 10.9 Å². The van der Waals surface area contributed by atoms with Gasteiger partial charge < -0.3 is 14.5 Å². The molecule has 4 aromatic rings. The van der Waals surface area contributed by atoms with E-state index in [2.05, 4.69) is 5.32 Å². The highest BCUT2D eigenvalue weighted by Crippen LogP contribution is 2.30. The van der Waals surface area contributed by atoms with Gasteiger partial charge in [-0.05, 0) is 37.6 Å². The van der Waals surface area contributed by atoms with Crippen LogP contribution in [0.5, 0.6) is 0 Å². The van der Waals surface area contributed by atoms with E-state index in [1.165, 1.54) is 0 Å². The van der Waals surface area contributed by atoms with Crippen LogP contribution in [0, 0.1) is 6.92 Å². The van der Waals surface area contributed by atoms with Gasteiger partial charge in [0.2, 0.25) is 0 Å². The monoisotopic (exact) mass is 414 g/mol. The van der Waals surface area contributed by atoms with Crippen molar-refractivity contribution in [3.63, 3.8) is 0 Å². The zero-order valence-electron chi connectivity index (χ0n) is 17.3. The standard InChI is InChI=1S/C25H22N2O4/c1-16-23(25(29)31-15-22(28)26-17(2)21-13-8-14-30-21)19-11-6-7-12-20(19)27-24(16)18-9-4-3-5-10-18/h3-14,17H,15H2,1-2H3,(H,26,28)/t17-/m0/s1. The molecule has 0 bridgehead atoms. The lowest BCUT2D eigenvalue weighted by molar-refractivity contribution is -0.125. The maximum absolute atomic E-state index is 13.0. The Hall–Kier alpha value is -3.93. The number of nitrogens with zero attached hydrogens (tertiary/aromatic N) is 1.